The van der Waals surface area contributed by atoms with Gasteiger partial charge in [0.25, 0.3) is 0 Å². The second-order valence-electron chi connectivity index (χ2n) is 8.20. The Morgan fingerprint density at radius 3 is 2.76 bits per heavy atom. The topological polar surface area (TPSA) is 17.1 Å². The van der Waals surface area contributed by atoms with E-state index in [1.807, 2.05) is 12.2 Å². The van der Waals surface area contributed by atoms with E-state index in [0.717, 1.165) is 24.2 Å². The summed E-state index contributed by atoms with van der Waals surface area (Å²) in [5.74, 6) is 2.57. The zero-order chi connectivity index (χ0) is 14.8. The summed E-state index contributed by atoms with van der Waals surface area (Å²) in [6, 6.07) is 0. The van der Waals surface area contributed by atoms with Gasteiger partial charge in [0.1, 0.15) is 0 Å². The average Bonchev–Trinajstić information content (AvgIpc) is 2.76. The molecule has 21 heavy (non-hydrogen) atoms. The molecular formula is C20H26O. The SMILES string of the molecule is C=C1CCC2C3CCC4=CC(=O)C=C[C@]4(C)C3CC[C@]12C. The van der Waals surface area contributed by atoms with E-state index in [9.17, 15) is 4.79 Å². The van der Waals surface area contributed by atoms with Gasteiger partial charge >= 0.3 is 0 Å². The maximum atomic E-state index is 11.7. The molecule has 0 aliphatic heterocycles. The van der Waals surface area contributed by atoms with Gasteiger partial charge < -0.3 is 0 Å². The minimum Gasteiger partial charge on any atom is -0.290 e. The standard InChI is InChI=1S/C20H26O/c1-13-4-7-17-16-6-5-14-12-15(21)8-10-20(14,3)18(16)9-11-19(13,17)2/h8,10,12,16-18H,1,4-7,9,11H2,2-3H3/t16?,17?,18?,19-,20+/m1/s1. The van der Waals surface area contributed by atoms with Crippen LogP contribution in [0.15, 0.2) is 36.0 Å². The second kappa shape index (κ2) is 4.21. The summed E-state index contributed by atoms with van der Waals surface area (Å²) >= 11 is 0. The summed E-state index contributed by atoms with van der Waals surface area (Å²) < 4.78 is 0. The van der Waals surface area contributed by atoms with Crippen molar-refractivity contribution >= 4 is 5.78 Å². The summed E-state index contributed by atoms with van der Waals surface area (Å²) in [6.07, 6.45) is 13.5. The molecule has 112 valence electrons. The molecule has 0 aromatic carbocycles. The highest BCUT2D eigenvalue weighted by molar-refractivity contribution is 6.01. The maximum absolute atomic E-state index is 11.7. The molecule has 0 aromatic heterocycles. The van der Waals surface area contributed by atoms with E-state index >= 15 is 0 Å². The van der Waals surface area contributed by atoms with Crippen molar-refractivity contribution in [2.75, 3.05) is 0 Å². The number of hydrogen-bond donors (Lipinski definition) is 0. The lowest BCUT2D eigenvalue weighted by atomic mass is 9.48. The number of rotatable bonds is 0. The van der Waals surface area contributed by atoms with Gasteiger partial charge in [-0.3, -0.25) is 4.79 Å². The first kappa shape index (κ1) is 13.5. The van der Waals surface area contributed by atoms with Gasteiger partial charge in [0.15, 0.2) is 5.78 Å². The first-order valence-electron chi connectivity index (χ1n) is 8.58. The largest absolute Gasteiger partial charge is 0.290 e. The Hall–Kier alpha value is -1.11. The number of carbonyl (C=O) groups is 1. The van der Waals surface area contributed by atoms with Gasteiger partial charge in [-0.05, 0) is 73.8 Å². The van der Waals surface area contributed by atoms with E-state index in [4.69, 9.17) is 0 Å². The number of ketones is 1. The Bertz CT molecular complexity index is 581. The predicted octanol–water partition coefficient (Wildman–Crippen LogP) is 4.85. The van der Waals surface area contributed by atoms with E-state index in [1.54, 1.807) is 0 Å². The number of fused-ring (bicyclic) bond motifs is 5. The predicted molar refractivity (Wildman–Crippen MR) is 85.8 cm³/mol. The Kier molecular flexibility index (Phi) is 2.72. The van der Waals surface area contributed by atoms with E-state index in [-0.39, 0.29) is 11.2 Å². The van der Waals surface area contributed by atoms with Crippen molar-refractivity contribution in [2.24, 2.45) is 28.6 Å². The Balaban J connectivity index is 1.72. The van der Waals surface area contributed by atoms with Crippen LogP contribution in [-0.4, -0.2) is 5.78 Å². The van der Waals surface area contributed by atoms with Crippen molar-refractivity contribution in [3.8, 4) is 0 Å². The van der Waals surface area contributed by atoms with Crippen LogP contribution >= 0.6 is 0 Å². The zero-order valence-corrected chi connectivity index (χ0v) is 13.3. The second-order valence-corrected chi connectivity index (χ2v) is 8.20. The summed E-state index contributed by atoms with van der Waals surface area (Å²) in [5, 5.41) is 0. The average molecular weight is 282 g/mol. The minimum absolute atomic E-state index is 0.141. The molecule has 1 heteroatoms. The summed E-state index contributed by atoms with van der Waals surface area (Å²) in [4.78, 5) is 11.7. The van der Waals surface area contributed by atoms with Crippen LogP contribution in [-0.2, 0) is 4.79 Å². The van der Waals surface area contributed by atoms with Gasteiger partial charge in [-0.25, -0.2) is 0 Å². The van der Waals surface area contributed by atoms with E-state index in [1.165, 1.54) is 43.3 Å². The van der Waals surface area contributed by atoms with Crippen LogP contribution in [0.1, 0.15) is 52.4 Å². The Morgan fingerprint density at radius 1 is 1.14 bits per heavy atom. The fraction of sp³-hybridized carbons (Fsp3) is 0.650. The van der Waals surface area contributed by atoms with Crippen LogP contribution in [0.25, 0.3) is 0 Å². The first-order chi connectivity index (χ1) is 9.95. The van der Waals surface area contributed by atoms with Gasteiger partial charge in [-0.1, -0.05) is 37.6 Å². The quantitative estimate of drug-likeness (QED) is 0.580. The molecule has 0 aromatic rings. The molecule has 3 fully saturated rings. The zero-order valence-electron chi connectivity index (χ0n) is 13.3. The highest BCUT2D eigenvalue weighted by Crippen LogP contribution is 2.65. The van der Waals surface area contributed by atoms with E-state index in [0.29, 0.717) is 5.41 Å². The molecule has 0 saturated heterocycles. The highest BCUT2D eigenvalue weighted by Gasteiger charge is 2.56. The molecule has 3 unspecified atom stereocenters. The third-order valence-electron chi connectivity index (χ3n) is 7.51. The molecule has 5 atom stereocenters. The van der Waals surface area contributed by atoms with Crippen LogP contribution < -0.4 is 0 Å². The Morgan fingerprint density at radius 2 is 1.95 bits per heavy atom. The van der Waals surface area contributed by atoms with E-state index < -0.39 is 0 Å². The van der Waals surface area contributed by atoms with E-state index in [2.05, 4.69) is 26.5 Å². The van der Waals surface area contributed by atoms with Gasteiger partial charge in [-0.2, -0.15) is 0 Å². The van der Waals surface area contributed by atoms with Crippen LogP contribution in [0.2, 0.25) is 0 Å². The van der Waals surface area contributed by atoms with Crippen molar-refractivity contribution in [3.63, 3.8) is 0 Å². The van der Waals surface area contributed by atoms with Gasteiger partial charge in [0.2, 0.25) is 0 Å². The van der Waals surface area contributed by atoms with Crippen molar-refractivity contribution in [1.82, 2.24) is 0 Å². The molecule has 0 spiro atoms. The van der Waals surface area contributed by atoms with Crippen LogP contribution in [0.5, 0.6) is 0 Å². The molecule has 0 heterocycles. The van der Waals surface area contributed by atoms with Gasteiger partial charge in [0, 0.05) is 5.41 Å². The highest BCUT2D eigenvalue weighted by atomic mass is 16.1. The molecule has 0 bridgehead atoms. The van der Waals surface area contributed by atoms with Crippen molar-refractivity contribution in [3.05, 3.63) is 36.0 Å². The van der Waals surface area contributed by atoms with Gasteiger partial charge in [0.05, 0.1) is 0 Å². The Labute approximate surface area is 128 Å². The molecule has 4 rings (SSSR count). The van der Waals surface area contributed by atoms with Crippen molar-refractivity contribution in [2.45, 2.75) is 52.4 Å². The third-order valence-corrected chi connectivity index (χ3v) is 7.51. The van der Waals surface area contributed by atoms with Crippen LogP contribution in [0, 0.1) is 28.6 Å². The molecule has 0 N–H and O–H groups in total. The lowest BCUT2D eigenvalue weighted by molar-refractivity contribution is -0.111. The molecule has 4 aliphatic carbocycles. The fourth-order valence-corrected chi connectivity index (χ4v) is 6.10. The van der Waals surface area contributed by atoms with Gasteiger partial charge in [-0.15, -0.1) is 0 Å². The summed E-state index contributed by atoms with van der Waals surface area (Å²) in [5.41, 5.74) is 3.44. The molecule has 3 saturated carbocycles. The van der Waals surface area contributed by atoms with Crippen molar-refractivity contribution < 1.29 is 4.79 Å². The fourth-order valence-electron chi connectivity index (χ4n) is 6.10. The number of carbonyl (C=O) groups excluding carboxylic acids is 1. The minimum atomic E-state index is 0.141. The molecule has 0 amide bonds. The molecule has 0 radical (unpaired) electrons. The maximum Gasteiger partial charge on any atom is 0.178 e. The third kappa shape index (κ3) is 1.67. The summed E-state index contributed by atoms with van der Waals surface area (Å²) in [7, 11) is 0. The monoisotopic (exact) mass is 282 g/mol. The summed E-state index contributed by atoms with van der Waals surface area (Å²) in [6.45, 7) is 9.24. The first-order valence-corrected chi connectivity index (χ1v) is 8.58. The molecule has 1 nitrogen and oxygen atoms in total. The van der Waals surface area contributed by atoms with Crippen LogP contribution in [0.4, 0.5) is 0 Å². The number of allylic oxidation sites excluding steroid dienone is 5. The molecule has 4 aliphatic rings. The normalized spacial score (nSPS) is 48.5. The smallest absolute Gasteiger partial charge is 0.178 e. The molecular weight excluding hydrogens is 256 g/mol. The lowest BCUT2D eigenvalue weighted by Crippen LogP contribution is -2.48. The number of hydrogen-bond acceptors (Lipinski definition) is 1. The van der Waals surface area contributed by atoms with Crippen LogP contribution in [0.3, 0.4) is 0 Å². The van der Waals surface area contributed by atoms with Crippen molar-refractivity contribution in [1.29, 1.82) is 0 Å². The lowest BCUT2D eigenvalue weighted by Gasteiger charge is -2.56.